The normalized spacial score (nSPS) is 12.0. The molecule has 37 heavy (non-hydrogen) atoms. The van der Waals surface area contributed by atoms with Crippen molar-refractivity contribution < 1.29 is 22.4 Å². The van der Waals surface area contributed by atoms with E-state index in [2.05, 4.69) is 5.32 Å². The van der Waals surface area contributed by atoms with Crippen LogP contribution < -0.4 is 9.62 Å². The van der Waals surface area contributed by atoms with Gasteiger partial charge in [0.05, 0.1) is 10.6 Å². The highest BCUT2D eigenvalue weighted by molar-refractivity contribution is 7.92. The van der Waals surface area contributed by atoms with Crippen LogP contribution in [0.25, 0.3) is 0 Å². The molecular weight excluding hydrogens is 517 g/mol. The Labute approximate surface area is 221 Å². The van der Waals surface area contributed by atoms with Gasteiger partial charge < -0.3 is 10.2 Å². The summed E-state index contributed by atoms with van der Waals surface area (Å²) in [5.74, 6) is -1.55. The van der Waals surface area contributed by atoms with Gasteiger partial charge >= 0.3 is 0 Å². The van der Waals surface area contributed by atoms with Crippen LogP contribution in [0.4, 0.5) is 10.1 Å². The lowest BCUT2D eigenvalue weighted by atomic mass is 10.1. The van der Waals surface area contributed by atoms with Crippen LogP contribution in [0, 0.1) is 12.7 Å². The fraction of sp³-hybridized carbons (Fsp3) is 0.259. The van der Waals surface area contributed by atoms with Crippen LogP contribution in [0.15, 0.2) is 77.7 Å². The van der Waals surface area contributed by atoms with Crippen LogP contribution in [0.5, 0.6) is 0 Å². The number of likely N-dealkylation sites (N-methyl/N-ethyl adjacent to an activating group) is 1. The second-order valence-corrected chi connectivity index (χ2v) is 10.8. The monoisotopic (exact) mass is 545 g/mol. The van der Waals surface area contributed by atoms with E-state index in [1.54, 1.807) is 62.4 Å². The number of nitrogens with zero attached hydrogens (tertiary/aromatic N) is 2. The molecule has 0 saturated carbocycles. The first-order valence-electron chi connectivity index (χ1n) is 11.7. The molecule has 1 atom stereocenters. The molecule has 0 aliphatic carbocycles. The van der Waals surface area contributed by atoms with Gasteiger partial charge in [0, 0.05) is 18.1 Å². The molecular formula is C27H29ClFN3O4S. The number of carbonyl (C=O) groups is 2. The predicted molar refractivity (Wildman–Crippen MR) is 142 cm³/mol. The van der Waals surface area contributed by atoms with E-state index in [9.17, 15) is 22.4 Å². The average Bonchev–Trinajstić information content (AvgIpc) is 2.86. The van der Waals surface area contributed by atoms with Gasteiger partial charge in [-0.15, -0.1) is 0 Å². The smallest absolute Gasteiger partial charge is 0.264 e. The summed E-state index contributed by atoms with van der Waals surface area (Å²) in [6.45, 7) is 5.04. The largest absolute Gasteiger partial charge is 0.355 e. The minimum absolute atomic E-state index is 0.0377. The Kier molecular flexibility index (Phi) is 9.29. The molecule has 196 valence electrons. The van der Waals surface area contributed by atoms with Crippen molar-refractivity contribution in [3.63, 3.8) is 0 Å². The van der Waals surface area contributed by atoms with E-state index in [4.69, 9.17) is 11.6 Å². The molecule has 1 unspecified atom stereocenters. The van der Waals surface area contributed by atoms with E-state index < -0.39 is 34.3 Å². The first kappa shape index (κ1) is 28.1. The molecule has 0 aliphatic rings. The van der Waals surface area contributed by atoms with E-state index in [-0.39, 0.29) is 23.0 Å². The Bertz CT molecular complexity index is 1350. The second kappa shape index (κ2) is 12.2. The van der Waals surface area contributed by atoms with Gasteiger partial charge in [-0.3, -0.25) is 13.9 Å². The molecule has 0 aliphatic heterocycles. The first-order valence-corrected chi connectivity index (χ1v) is 13.5. The number of sulfonamides is 1. The number of hydrogen-bond donors (Lipinski definition) is 1. The molecule has 0 heterocycles. The number of hydrogen-bond acceptors (Lipinski definition) is 4. The molecule has 0 saturated heterocycles. The maximum absolute atomic E-state index is 13.7. The van der Waals surface area contributed by atoms with Crippen molar-refractivity contribution in [2.45, 2.75) is 38.3 Å². The van der Waals surface area contributed by atoms with Gasteiger partial charge in [-0.25, -0.2) is 12.8 Å². The molecule has 2 amide bonds. The summed E-state index contributed by atoms with van der Waals surface area (Å²) in [7, 11) is -4.25. The van der Waals surface area contributed by atoms with Gasteiger partial charge in [-0.05, 0) is 74.9 Å². The van der Waals surface area contributed by atoms with Crippen LogP contribution >= 0.6 is 11.6 Å². The molecule has 0 aromatic heterocycles. The summed E-state index contributed by atoms with van der Waals surface area (Å²) in [6, 6.07) is 17.0. The number of anilines is 1. The van der Waals surface area contributed by atoms with E-state index in [1.165, 1.54) is 4.90 Å². The zero-order valence-corrected chi connectivity index (χ0v) is 22.4. The number of aryl methyl sites for hydroxylation is 1. The maximum atomic E-state index is 13.7. The van der Waals surface area contributed by atoms with Gasteiger partial charge in [0.1, 0.15) is 18.4 Å². The Hall–Kier alpha value is -3.43. The molecule has 0 radical (unpaired) electrons. The summed E-state index contributed by atoms with van der Waals surface area (Å²) < 4.78 is 41.7. The minimum Gasteiger partial charge on any atom is -0.355 e. The lowest BCUT2D eigenvalue weighted by molar-refractivity contribution is -0.139. The fourth-order valence-corrected chi connectivity index (χ4v) is 5.34. The Morgan fingerprint density at radius 3 is 2.27 bits per heavy atom. The van der Waals surface area contributed by atoms with Crippen molar-refractivity contribution in [2.24, 2.45) is 0 Å². The molecule has 1 N–H and O–H groups in total. The number of halogens is 2. The predicted octanol–water partition coefficient (Wildman–Crippen LogP) is 4.54. The van der Waals surface area contributed by atoms with Crippen molar-refractivity contribution in [3.05, 3.63) is 94.8 Å². The second-order valence-electron chi connectivity index (χ2n) is 8.52. The summed E-state index contributed by atoms with van der Waals surface area (Å²) in [5.41, 5.74) is 1.85. The van der Waals surface area contributed by atoms with Crippen LogP contribution in [0.3, 0.4) is 0 Å². The van der Waals surface area contributed by atoms with Crippen molar-refractivity contribution in [1.82, 2.24) is 10.2 Å². The number of benzene rings is 3. The molecule has 7 nitrogen and oxygen atoms in total. The molecule has 0 bridgehead atoms. The van der Waals surface area contributed by atoms with Crippen molar-refractivity contribution in [1.29, 1.82) is 0 Å². The first-order chi connectivity index (χ1) is 17.5. The Morgan fingerprint density at radius 2 is 1.68 bits per heavy atom. The number of carbonyl (C=O) groups excluding carboxylic acids is 2. The molecule has 0 spiro atoms. The van der Waals surface area contributed by atoms with Crippen molar-refractivity contribution >= 4 is 39.1 Å². The van der Waals surface area contributed by atoms with Crippen LogP contribution in [-0.2, 0) is 26.2 Å². The van der Waals surface area contributed by atoms with Crippen LogP contribution in [0.1, 0.15) is 25.0 Å². The van der Waals surface area contributed by atoms with Crippen LogP contribution in [-0.4, -0.2) is 44.3 Å². The highest BCUT2D eigenvalue weighted by atomic mass is 35.5. The van der Waals surface area contributed by atoms with Gasteiger partial charge in [0.2, 0.25) is 11.8 Å². The summed E-state index contributed by atoms with van der Waals surface area (Å²) in [6.07, 6.45) is 0. The van der Waals surface area contributed by atoms with E-state index in [0.717, 1.165) is 34.1 Å². The number of rotatable bonds is 10. The summed E-state index contributed by atoms with van der Waals surface area (Å²) in [5, 5.41) is 3.17. The third kappa shape index (κ3) is 7.08. The topological polar surface area (TPSA) is 86.8 Å². The third-order valence-corrected chi connectivity index (χ3v) is 7.79. The zero-order chi connectivity index (χ0) is 27.2. The van der Waals surface area contributed by atoms with E-state index in [1.807, 2.05) is 6.92 Å². The fourth-order valence-electron chi connectivity index (χ4n) is 3.71. The van der Waals surface area contributed by atoms with Gasteiger partial charge in [-0.2, -0.15) is 0 Å². The van der Waals surface area contributed by atoms with Gasteiger partial charge in [0.25, 0.3) is 10.0 Å². The quantitative estimate of drug-likeness (QED) is 0.405. The zero-order valence-electron chi connectivity index (χ0n) is 20.8. The molecule has 3 rings (SSSR count). The third-order valence-electron chi connectivity index (χ3n) is 5.76. The lowest BCUT2D eigenvalue weighted by Gasteiger charge is -2.32. The van der Waals surface area contributed by atoms with E-state index in [0.29, 0.717) is 17.1 Å². The van der Waals surface area contributed by atoms with Crippen molar-refractivity contribution in [3.8, 4) is 0 Å². The highest BCUT2D eigenvalue weighted by Crippen LogP contribution is 2.25. The van der Waals surface area contributed by atoms with Crippen LogP contribution in [0.2, 0.25) is 5.02 Å². The molecule has 3 aromatic carbocycles. The standard InChI is InChI=1S/C27H29ClFN3O4S/c1-4-30-27(34)20(3)31(17-21-6-5-7-22(28)16-21)26(33)18-32(24-12-8-19(2)9-13-24)37(35,36)25-14-10-23(29)11-15-25/h5-16,20H,4,17-18H2,1-3H3,(H,30,34). The molecule has 3 aromatic rings. The van der Waals surface area contributed by atoms with Crippen molar-refractivity contribution in [2.75, 3.05) is 17.4 Å². The number of nitrogens with one attached hydrogen (secondary N) is 1. The minimum atomic E-state index is -4.25. The SMILES string of the molecule is CCNC(=O)C(C)N(Cc1cccc(Cl)c1)C(=O)CN(c1ccc(C)cc1)S(=O)(=O)c1ccc(F)cc1. The Balaban J connectivity index is 2.02. The van der Waals surface area contributed by atoms with Gasteiger partial charge in [0.15, 0.2) is 0 Å². The molecule has 10 heteroatoms. The van der Waals surface area contributed by atoms with Gasteiger partial charge in [-0.1, -0.05) is 41.4 Å². The highest BCUT2D eigenvalue weighted by Gasteiger charge is 2.32. The summed E-state index contributed by atoms with van der Waals surface area (Å²) in [4.78, 5) is 27.6. The summed E-state index contributed by atoms with van der Waals surface area (Å²) >= 11 is 6.12. The molecule has 0 fully saturated rings. The van der Waals surface area contributed by atoms with E-state index >= 15 is 0 Å². The number of amides is 2. The Morgan fingerprint density at radius 1 is 1.03 bits per heavy atom. The lowest BCUT2D eigenvalue weighted by Crippen LogP contribution is -2.51. The average molecular weight is 546 g/mol. The maximum Gasteiger partial charge on any atom is 0.264 e.